The van der Waals surface area contributed by atoms with E-state index in [4.69, 9.17) is 14.3 Å². The van der Waals surface area contributed by atoms with Gasteiger partial charge in [-0.1, -0.05) is 24.3 Å². The molecule has 1 heterocycles. The number of aromatic carboxylic acids is 1. The van der Waals surface area contributed by atoms with Gasteiger partial charge in [-0.2, -0.15) is 0 Å². The first-order valence-corrected chi connectivity index (χ1v) is 5.70. The van der Waals surface area contributed by atoms with Crippen LogP contribution in [0.15, 0.2) is 41.0 Å². The lowest BCUT2D eigenvalue weighted by Gasteiger charge is -2.11. The molecule has 0 aliphatic rings. The molecule has 19 heavy (non-hydrogen) atoms. The molecule has 0 saturated heterocycles. The van der Waals surface area contributed by atoms with Gasteiger partial charge in [-0.25, -0.2) is 4.79 Å². The Morgan fingerprint density at radius 1 is 1.42 bits per heavy atom. The Bertz CT molecular complexity index is 573. The molecule has 0 amide bonds. The van der Waals surface area contributed by atoms with Crippen LogP contribution in [0.3, 0.4) is 0 Å². The molecule has 0 aliphatic heterocycles. The zero-order chi connectivity index (χ0) is 13.8. The van der Waals surface area contributed by atoms with Crippen LogP contribution in [0.1, 0.15) is 33.3 Å². The van der Waals surface area contributed by atoms with Gasteiger partial charge in [0.15, 0.2) is 5.76 Å². The van der Waals surface area contributed by atoms with E-state index in [0.29, 0.717) is 12.2 Å². The molecule has 1 aromatic heterocycles. The lowest BCUT2D eigenvalue weighted by Crippen LogP contribution is -2.06. The van der Waals surface area contributed by atoms with Crippen LogP contribution in [0.4, 0.5) is 0 Å². The monoisotopic (exact) mass is 262 g/mol. The molecule has 0 radical (unpaired) electrons. The van der Waals surface area contributed by atoms with Crippen LogP contribution in [0.25, 0.3) is 0 Å². The van der Waals surface area contributed by atoms with Crippen molar-refractivity contribution in [3.63, 3.8) is 0 Å². The van der Waals surface area contributed by atoms with Crippen molar-refractivity contribution >= 4 is 5.97 Å². The summed E-state index contributed by atoms with van der Waals surface area (Å²) in [5, 5.41) is 19.2. The average molecular weight is 262 g/mol. The third-order valence-corrected chi connectivity index (χ3v) is 2.75. The standard InChI is InChI=1S/C14H14O5/c1-18-8-9-3-2-4-10(7-9)12(15)13-11(14(16)17)5-6-19-13/h2-7,12,15H,8H2,1H3,(H,16,17). The first kappa shape index (κ1) is 13.3. The molecule has 100 valence electrons. The first-order chi connectivity index (χ1) is 9.13. The minimum Gasteiger partial charge on any atom is -0.478 e. The number of carbonyl (C=O) groups is 1. The highest BCUT2D eigenvalue weighted by atomic mass is 16.5. The summed E-state index contributed by atoms with van der Waals surface area (Å²) in [6.45, 7) is 0.421. The normalized spacial score (nSPS) is 12.3. The Balaban J connectivity index is 2.33. The highest BCUT2D eigenvalue weighted by Gasteiger charge is 2.22. The summed E-state index contributed by atoms with van der Waals surface area (Å²) in [5.41, 5.74) is 1.42. The number of methoxy groups -OCH3 is 1. The molecule has 0 fully saturated rings. The van der Waals surface area contributed by atoms with Gasteiger partial charge in [0.25, 0.3) is 0 Å². The second-order valence-electron chi connectivity index (χ2n) is 4.08. The number of furan rings is 1. The van der Waals surface area contributed by atoms with Crippen LogP contribution in [0, 0.1) is 0 Å². The van der Waals surface area contributed by atoms with Crippen LogP contribution in [-0.4, -0.2) is 23.3 Å². The van der Waals surface area contributed by atoms with Crippen molar-refractivity contribution in [1.29, 1.82) is 0 Å². The zero-order valence-corrected chi connectivity index (χ0v) is 10.4. The van der Waals surface area contributed by atoms with Crippen LogP contribution in [0.2, 0.25) is 0 Å². The fourth-order valence-corrected chi connectivity index (χ4v) is 1.88. The van der Waals surface area contributed by atoms with Crippen LogP contribution >= 0.6 is 0 Å². The Morgan fingerprint density at radius 3 is 2.89 bits per heavy atom. The van der Waals surface area contributed by atoms with Gasteiger partial charge in [0.1, 0.15) is 11.7 Å². The molecular formula is C14H14O5. The molecule has 2 N–H and O–H groups in total. The number of rotatable bonds is 5. The Labute approximate surface area is 110 Å². The predicted molar refractivity (Wildman–Crippen MR) is 66.9 cm³/mol. The number of carboxylic acids is 1. The lowest BCUT2D eigenvalue weighted by molar-refractivity contribution is 0.0687. The molecule has 1 unspecified atom stereocenters. The highest BCUT2D eigenvalue weighted by molar-refractivity contribution is 5.88. The van der Waals surface area contributed by atoms with Gasteiger partial charge >= 0.3 is 5.97 Å². The Kier molecular flexibility index (Phi) is 3.99. The van der Waals surface area contributed by atoms with E-state index in [1.165, 1.54) is 12.3 Å². The topological polar surface area (TPSA) is 79.9 Å². The number of benzene rings is 1. The van der Waals surface area contributed by atoms with Crippen LogP contribution in [0.5, 0.6) is 0 Å². The molecule has 1 aromatic carbocycles. The number of carboxylic acid groups (broad SMARTS) is 1. The van der Waals surface area contributed by atoms with E-state index < -0.39 is 12.1 Å². The van der Waals surface area contributed by atoms with Gasteiger partial charge in [-0.15, -0.1) is 0 Å². The quantitative estimate of drug-likeness (QED) is 0.863. The van der Waals surface area contributed by atoms with Gasteiger partial charge in [0, 0.05) is 7.11 Å². The largest absolute Gasteiger partial charge is 0.478 e. The maximum Gasteiger partial charge on any atom is 0.339 e. The van der Waals surface area contributed by atoms with Gasteiger partial charge in [-0.05, 0) is 17.2 Å². The zero-order valence-electron chi connectivity index (χ0n) is 10.4. The minimum atomic E-state index is -1.13. The van der Waals surface area contributed by atoms with E-state index in [-0.39, 0.29) is 11.3 Å². The number of ether oxygens (including phenoxy) is 1. The molecule has 2 aromatic rings. The van der Waals surface area contributed by atoms with E-state index in [1.54, 1.807) is 25.3 Å². The summed E-state index contributed by atoms with van der Waals surface area (Å²) >= 11 is 0. The molecule has 5 heteroatoms. The fourth-order valence-electron chi connectivity index (χ4n) is 1.88. The fraction of sp³-hybridized carbons (Fsp3) is 0.214. The molecule has 5 nitrogen and oxygen atoms in total. The van der Waals surface area contributed by atoms with Crippen LogP contribution in [-0.2, 0) is 11.3 Å². The van der Waals surface area contributed by atoms with Crippen molar-refractivity contribution in [2.45, 2.75) is 12.7 Å². The number of hydrogen-bond acceptors (Lipinski definition) is 4. The lowest BCUT2D eigenvalue weighted by atomic mass is 10.0. The average Bonchev–Trinajstić information content (AvgIpc) is 2.88. The number of aliphatic hydroxyl groups is 1. The number of hydrogen-bond donors (Lipinski definition) is 2. The summed E-state index contributed by atoms with van der Waals surface area (Å²) in [5.74, 6) is -1.10. The Morgan fingerprint density at radius 2 is 2.21 bits per heavy atom. The second-order valence-corrected chi connectivity index (χ2v) is 4.08. The molecular weight excluding hydrogens is 248 g/mol. The van der Waals surface area contributed by atoms with Crippen molar-refractivity contribution < 1.29 is 24.2 Å². The molecule has 0 saturated carbocycles. The minimum absolute atomic E-state index is 0.0297. The maximum absolute atomic E-state index is 11.0. The predicted octanol–water partition coefficient (Wildman–Crippen LogP) is 2.21. The summed E-state index contributed by atoms with van der Waals surface area (Å²) in [4.78, 5) is 11.0. The van der Waals surface area contributed by atoms with E-state index in [9.17, 15) is 9.90 Å². The molecule has 0 spiro atoms. The number of aliphatic hydroxyl groups excluding tert-OH is 1. The summed E-state index contributed by atoms with van der Waals surface area (Å²) in [7, 11) is 1.58. The van der Waals surface area contributed by atoms with E-state index >= 15 is 0 Å². The van der Waals surface area contributed by atoms with Crippen LogP contribution < -0.4 is 0 Å². The summed E-state index contributed by atoms with van der Waals surface area (Å²) in [6, 6.07) is 8.41. The first-order valence-electron chi connectivity index (χ1n) is 5.70. The molecule has 0 aliphatic carbocycles. The van der Waals surface area contributed by atoms with Gasteiger partial charge in [0.2, 0.25) is 0 Å². The van der Waals surface area contributed by atoms with E-state index in [1.807, 2.05) is 6.07 Å². The third kappa shape index (κ3) is 2.83. The molecule has 0 bridgehead atoms. The van der Waals surface area contributed by atoms with E-state index in [2.05, 4.69) is 0 Å². The van der Waals surface area contributed by atoms with Crippen molar-refractivity contribution in [2.24, 2.45) is 0 Å². The smallest absolute Gasteiger partial charge is 0.339 e. The van der Waals surface area contributed by atoms with Crippen molar-refractivity contribution in [2.75, 3.05) is 7.11 Å². The van der Waals surface area contributed by atoms with Gasteiger partial charge < -0.3 is 19.4 Å². The van der Waals surface area contributed by atoms with Crippen molar-refractivity contribution in [1.82, 2.24) is 0 Å². The Hall–Kier alpha value is -2.11. The summed E-state index contributed by atoms with van der Waals surface area (Å²) in [6.07, 6.45) is 0.138. The summed E-state index contributed by atoms with van der Waals surface area (Å²) < 4.78 is 10.1. The SMILES string of the molecule is COCc1cccc(C(O)c2occc2C(=O)O)c1. The van der Waals surface area contributed by atoms with Crippen molar-refractivity contribution in [3.8, 4) is 0 Å². The van der Waals surface area contributed by atoms with Crippen molar-refractivity contribution in [3.05, 3.63) is 59.0 Å². The molecule has 1 atom stereocenters. The molecule has 2 rings (SSSR count). The van der Waals surface area contributed by atoms with E-state index in [0.717, 1.165) is 5.56 Å². The highest BCUT2D eigenvalue weighted by Crippen LogP contribution is 2.26. The second kappa shape index (κ2) is 5.69. The van der Waals surface area contributed by atoms with Gasteiger partial charge in [-0.3, -0.25) is 0 Å². The van der Waals surface area contributed by atoms with Gasteiger partial charge in [0.05, 0.1) is 12.9 Å². The maximum atomic E-state index is 11.0. The third-order valence-electron chi connectivity index (χ3n) is 2.75.